The molecule has 1 unspecified atom stereocenters. The smallest absolute Gasteiger partial charge is 0.409 e. The van der Waals surface area contributed by atoms with E-state index in [1.54, 1.807) is 12.2 Å². The van der Waals surface area contributed by atoms with E-state index in [9.17, 15) is 4.79 Å². The summed E-state index contributed by atoms with van der Waals surface area (Å²) in [6.07, 6.45) is 2.46. The molecule has 1 N–H and O–H groups in total. The molecular weight excluding hydrogens is 146 g/mol. The molecule has 1 aliphatic heterocycles. The first-order valence-corrected chi connectivity index (χ1v) is 3.41. The number of aliphatic hydroxyl groups is 1. The van der Waals surface area contributed by atoms with Gasteiger partial charge in [-0.2, -0.15) is 0 Å². The summed E-state index contributed by atoms with van der Waals surface area (Å²) in [5, 5.41) is 9.09. The zero-order valence-corrected chi connectivity index (χ0v) is 6.36. The fourth-order valence-electron chi connectivity index (χ4n) is 0.985. The molecule has 11 heavy (non-hydrogen) atoms. The van der Waals surface area contributed by atoms with Gasteiger partial charge in [0.2, 0.25) is 0 Å². The van der Waals surface area contributed by atoms with Crippen molar-refractivity contribution in [2.75, 3.05) is 20.2 Å². The number of β-amino-alcohol motifs (C(OH)–C–C–N with tert-alkyl or cyclic N) is 1. The molecule has 0 bridgehead atoms. The van der Waals surface area contributed by atoms with Crippen molar-refractivity contribution in [2.24, 2.45) is 0 Å². The summed E-state index contributed by atoms with van der Waals surface area (Å²) < 4.78 is 4.48. The lowest BCUT2D eigenvalue weighted by Gasteiger charge is -2.24. The van der Waals surface area contributed by atoms with E-state index in [0.29, 0.717) is 13.1 Å². The van der Waals surface area contributed by atoms with Gasteiger partial charge in [-0.05, 0) is 0 Å². The summed E-state index contributed by atoms with van der Waals surface area (Å²) >= 11 is 0. The van der Waals surface area contributed by atoms with Crippen molar-refractivity contribution in [3.63, 3.8) is 0 Å². The monoisotopic (exact) mass is 157 g/mol. The molecule has 0 saturated carbocycles. The van der Waals surface area contributed by atoms with Crippen molar-refractivity contribution in [2.45, 2.75) is 6.10 Å². The first-order valence-electron chi connectivity index (χ1n) is 3.41. The second-order valence-corrected chi connectivity index (χ2v) is 2.37. The van der Waals surface area contributed by atoms with Crippen molar-refractivity contribution in [1.29, 1.82) is 0 Å². The Bertz CT molecular complexity index is 179. The van der Waals surface area contributed by atoms with Gasteiger partial charge < -0.3 is 14.7 Å². The van der Waals surface area contributed by atoms with Crippen LogP contribution in [-0.4, -0.2) is 42.4 Å². The molecular formula is C7H11NO3. The molecule has 0 radical (unpaired) electrons. The van der Waals surface area contributed by atoms with Gasteiger partial charge in [0, 0.05) is 6.54 Å². The Hall–Kier alpha value is -1.03. The first kappa shape index (κ1) is 8.07. The highest BCUT2D eigenvalue weighted by Gasteiger charge is 2.18. The number of methoxy groups -OCH3 is 1. The van der Waals surface area contributed by atoms with E-state index >= 15 is 0 Å². The molecule has 0 spiro atoms. The molecule has 1 rings (SSSR count). The van der Waals surface area contributed by atoms with E-state index in [0.717, 1.165) is 0 Å². The number of amides is 1. The molecule has 0 aromatic rings. The molecule has 1 amide bonds. The molecule has 0 aliphatic carbocycles. The van der Waals surface area contributed by atoms with Crippen molar-refractivity contribution in [3.05, 3.63) is 12.2 Å². The van der Waals surface area contributed by atoms with Crippen molar-refractivity contribution in [1.82, 2.24) is 4.90 Å². The number of hydrogen-bond acceptors (Lipinski definition) is 3. The van der Waals surface area contributed by atoms with Gasteiger partial charge in [0.15, 0.2) is 0 Å². The van der Waals surface area contributed by atoms with Crippen molar-refractivity contribution >= 4 is 6.09 Å². The number of aliphatic hydroxyl groups excluding tert-OH is 1. The zero-order valence-electron chi connectivity index (χ0n) is 6.36. The van der Waals surface area contributed by atoms with Crippen LogP contribution in [0.1, 0.15) is 0 Å². The first-order chi connectivity index (χ1) is 5.24. The van der Waals surface area contributed by atoms with E-state index in [-0.39, 0.29) is 0 Å². The van der Waals surface area contributed by atoms with Crippen LogP contribution in [-0.2, 0) is 4.74 Å². The third-order valence-electron chi connectivity index (χ3n) is 1.52. The number of nitrogens with zero attached hydrogens (tertiary/aromatic N) is 1. The lowest BCUT2D eigenvalue weighted by atomic mass is 10.2. The summed E-state index contributed by atoms with van der Waals surface area (Å²) in [5.41, 5.74) is 0. The van der Waals surface area contributed by atoms with Crippen LogP contribution >= 0.6 is 0 Å². The maximum Gasteiger partial charge on any atom is 0.409 e. The van der Waals surface area contributed by atoms with Crippen LogP contribution in [0.2, 0.25) is 0 Å². The number of carbonyl (C=O) groups excluding carboxylic acids is 1. The maximum atomic E-state index is 10.9. The molecule has 4 heteroatoms. The van der Waals surface area contributed by atoms with Gasteiger partial charge in [-0.15, -0.1) is 0 Å². The van der Waals surface area contributed by atoms with Crippen LogP contribution in [0.15, 0.2) is 12.2 Å². The second kappa shape index (κ2) is 3.39. The van der Waals surface area contributed by atoms with E-state index in [1.165, 1.54) is 12.0 Å². The Balaban J connectivity index is 2.49. The lowest BCUT2D eigenvalue weighted by molar-refractivity contribution is 0.0999. The Morgan fingerprint density at radius 2 is 2.55 bits per heavy atom. The topological polar surface area (TPSA) is 49.8 Å². The third-order valence-corrected chi connectivity index (χ3v) is 1.52. The van der Waals surface area contributed by atoms with Gasteiger partial charge in [0.1, 0.15) is 0 Å². The van der Waals surface area contributed by atoms with Crippen LogP contribution < -0.4 is 0 Å². The minimum Gasteiger partial charge on any atom is -0.453 e. The standard InChI is InChI=1S/C7H11NO3/c1-11-7(10)8-4-2-3-6(9)5-8/h2-3,6,9H,4-5H2,1H3. The molecule has 0 aromatic carbocycles. The second-order valence-electron chi connectivity index (χ2n) is 2.37. The van der Waals surface area contributed by atoms with Gasteiger partial charge in [-0.3, -0.25) is 0 Å². The van der Waals surface area contributed by atoms with Crippen molar-refractivity contribution < 1.29 is 14.6 Å². The van der Waals surface area contributed by atoms with Crippen molar-refractivity contribution in [3.8, 4) is 0 Å². The largest absolute Gasteiger partial charge is 0.453 e. The summed E-state index contributed by atoms with van der Waals surface area (Å²) in [6, 6.07) is 0. The fraction of sp³-hybridized carbons (Fsp3) is 0.571. The minimum absolute atomic E-state index is 0.323. The average Bonchev–Trinajstić information content (AvgIpc) is 2.03. The van der Waals surface area contributed by atoms with Crippen LogP contribution in [0.5, 0.6) is 0 Å². The van der Waals surface area contributed by atoms with E-state index in [1.807, 2.05) is 0 Å². The van der Waals surface area contributed by atoms with E-state index in [2.05, 4.69) is 4.74 Å². The highest BCUT2D eigenvalue weighted by molar-refractivity contribution is 5.67. The van der Waals surface area contributed by atoms with E-state index < -0.39 is 12.2 Å². The highest BCUT2D eigenvalue weighted by Crippen LogP contribution is 2.03. The van der Waals surface area contributed by atoms with Gasteiger partial charge in [-0.1, -0.05) is 12.2 Å². The molecule has 1 heterocycles. The molecule has 0 saturated heterocycles. The van der Waals surface area contributed by atoms with Crippen LogP contribution in [0, 0.1) is 0 Å². The molecule has 0 fully saturated rings. The predicted molar refractivity (Wildman–Crippen MR) is 39.1 cm³/mol. The van der Waals surface area contributed by atoms with Gasteiger partial charge >= 0.3 is 6.09 Å². The van der Waals surface area contributed by atoms with Gasteiger partial charge in [0.05, 0.1) is 19.8 Å². The average molecular weight is 157 g/mol. The Kier molecular flexibility index (Phi) is 2.48. The van der Waals surface area contributed by atoms with Crippen LogP contribution in [0.4, 0.5) is 4.79 Å². The number of rotatable bonds is 0. The van der Waals surface area contributed by atoms with Gasteiger partial charge in [0.25, 0.3) is 0 Å². The molecule has 0 aromatic heterocycles. The lowest BCUT2D eigenvalue weighted by Crippen LogP contribution is -2.39. The summed E-state index contributed by atoms with van der Waals surface area (Å²) in [6.45, 7) is 0.840. The SMILES string of the molecule is COC(=O)N1CC=CC(O)C1. The fourth-order valence-corrected chi connectivity index (χ4v) is 0.985. The Labute approximate surface area is 65.1 Å². The Morgan fingerprint density at radius 1 is 1.82 bits per heavy atom. The molecule has 1 atom stereocenters. The van der Waals surface area contributed by atoms with E-state index in [4.69, 9.17) is 5.11 Å². The summed E-state index contributed by atoms with van der Waals surface area (Å²) in [5.74, 6) is 0. The summed E-state index contributed by atoms with van der Waals surface area (Å²) in [7, 11) is 1.33. The van der Waals surface area contributed by atoms with Crippen LogP contribution in [0.3, 0.4) is 0 Å². The quantitative estimate of drug-likeness (QED) is 0.503. The molecule has 62 valence electrons. The normalized spacial score (nSPS) is 23.5. The van der Waals surface area contributed by atoms with Crippen LogP contribution in [0.25, 0.3) is 0 Å². The maximum absolute atomic E-state index is 10.9. The predicted octanol–water partition coefficient (Wildman–Crippen LogP) is -0.0145. The summed E-state index contributed by atoms with van der Waals surface area (Å²) in [4.78, 5) is 12.3. The zero-order chi connectivity index (χ0) is 8.27. The van der Waals surface area contributed by atoms with Gasteiger partial charge in [-0.25, -0.2) is 4.79 Å². The number of carbonyl (C=O) groups is 1. The highest BCUT2D eigenvalue weighted by atomic mass is 16.5. The number of hydrogen-bond donors (Lipinski definition) is 1. The molecule has 4 nitrogen and oxygen atoms in total. The number of ether oxygens (including phenoxy) is 1. The third kappa shape index (κ3) is 1.94. The minimum atomic E-state index is -0.553. The Morgan fingerprint density at radius 3 is 3.09 bits per heavy atom. The molecule has 1 aliphatic rings.